The summed E-state index contributed by atoms with van der Waals surface area (Å²) in [6, 6.07) is 6.01. The minimum absolute atomic E-state index is 0.0323. The van der Waals surface area contributed by atoms with Crippen LogP contribution >= 0.6 is 0 Å². The number of hydrogen-bond acceptors (Lipinski definition) is 2. The number of aryl methyl sites for hydroxylation is 1. The van der Waals surface area contributed by atoms with E-state index in [2.05, 4.69) is 5.32 Å². The number of nitrogen functional groups attached to an aromatic ring is 1. The van der Waals surface area contributed by atoms with Crippen LogP contribution in [-0.4, -0.2) is 11.9 Å². The molecule has 0 aliphatic rings. The van der Waals surface area contributed by atoms with Crippen molar-refractivity contribution in [3.8, 4) is 0 Å². The monoisotopic (exact) mass is 220 g/mol. The predicted molar refractivity (Wildman–Crippen MR) is 67.2 cm³/mol. The van der Waals surface area contributed by atoms with Gasteiger partial charge in [-0.05, 0) is 37.5 Å². The minimum Gasteiger partial charge on any atom is -0.398 e. The van der Waals surface area contributed by atoms with Gasteiger partial charge in [-0.25, -0.2) is 0 Å². The second-order valence-electron chi connectivity index (χ2n) is 4.26. The zero-order valence-electron chi connectivity index (χ0n) is 10.2. The molecule has 16 heavy (non-hydrogen) atoms. The largest absolute Gasteiger partial charge is 0.398 e. The number of carbonyl (C=O) groups excluding carboxylic acids is 1. The number of nitrogens with two attached hydrogens (primary N) is 1. The molecular weight excluding hydrogens is 200 g/mol. The Morgan fingerprint density at radius 1 is 1.50 bits per heavy atom. The fourth-order valence-corrected chi connectivity index (χ4v) is 1.48. The first kappa shape index (κ1) is 12.6. The van der Waals surface area contributed by atoms with Crippen molar-refractivity contribution in [1.82, 2.24) is 5.32 Å². The standard InChI is InChI=1S/C13H20N2O/c1-4-10(3)15-13(16)8-11-6-5-9(2)7-12(11)14/h5-7,10H,4,8,14H2,1-3H3,(H,15,16)/t10-/m0/s1. The van der Waals surface area contributed by atoms with Gasteiger partial charge in [0, 0.05) is 11.7 Å². The first-order chi connectivity index (χ1) is 7.52. The maximum atomic E-state index is 11.7. The molecule has 3 heteroatoms. The zero-order chi connectivity index (χ0) is 12.1. The van der Waals surface area contributed by atoms with E-state index in [1.54, 1.807) is 0 Å². The molecule has 0 unspecified atom stereocenters. The van der Waals surface area contributed by atoms with Crippen LogP contribution in [-0.2, 0) is 11.2 Å². The van der Waals surface area contributed by atoms with E-state index in [-0.39, 0.29) is 11.9 Å². The first-order valence-corrected chi connectivity index (χ1v) is 5.67. The summed E-state index contributed by atoms with van der Waals surface area (Å²) in [5.74, 6) is 0.0323. The molecule has 1 aromatic carbocycles. The Balaban J connectivity index is 2.63. The lowest BCUT2D eigenvalue weighted by Gasteiger charge is -2.12. The third-order valence-corrected chi connectivity index (χ3v) is 2.67. The molecule has 0 bridgehead atoms. The van der Waals surface area contributed by atoms with Crippen molar-refractivity contribution < 1.29 is 4.79 Å². The second-order valence-corrected chi connectivity index (χ2v) is 4.26. The lowest BCUT2D eigenvalue weighted by molar-refractivity contribution is -0.121. The lowest BCUT2D eigenvalue weighted by atomic mass is 10.1. The highest BCUT2D eigenvalue weighted by Crippen LogP contribution is 2.14. The van der Waals surface area contributed by atoms with Crippen LogP contribution in [0.4, 0.5) is 5.69 Å². The number of nitrogens with one attached hydrogen (secondary N) is 1. The fourth-order valence-electron chi connectivity index (χ4n) is 1.48. The van der Waals surface area contributed by atoms with Gasteiger partial charge in [0.25, 0.3) is 0 Å². The summed E-state index contributed by atoms with van der Waals surface area (Å²) >= 11 is 0. The number of amides is 1. The Bertz CT molecular complexity index is 374. The summed E-state index contributed by atoms with van der Waals surface area (Å²) in [6.45, 7) is 6.03. The van der Waals surface area contributed by atoms with Gasteiger partial charge in [0.2, 0.25) is 5.91 Å². The topological polar surface area (TPSA) is 55.1 Å². The summed E-state index contributed by atoms with van der Waals surface area (Å²) in [5.41, 5.74) is 8.56. The Morgan fingerprint density at radius 2 is 2.19 bits per heavy atom. The highest BCUT2D eigenvalue weighted by atomic mass is 16.1. The van der Waals surface area contributed by atoms with Crippen molar-refractivity contribution in [2.45, 2.75) is 39.7 Å². The Morgan fingerprint density at radius 3 is 2.75 bits per heavy atom. The van der Waals surface area contributed by atoms with Gasteiger partial charge >= 0.3 is 0 Å². The van der Waals surface area contributed by atoms with Crippen molar-refractivity contribution in [2.24, 2.45) is 0 Å². The van der Waals surface area contributed by atoms with Crippen molar-refractivity contribution >= 4 is 11.6 Å². The van der Waals surface area contributed by atoms with Gasteiger partial charge in [-0.1, -0.05) is 19.1 Å². The van der Waals surface area contributed by atoms with Crippen LogP contribution in [0.1, 0.15) is 31.4 Å². The smallest absolute Gasteiger partial charge is 0.224 e. The van der Waals surface area contributed by atoms with Gasteiger partial charge in [-0.2, -0.15) is 0 Å². The maximum Gasteiger partial charge on any atom is 0.224 e. The van der Waals surface area contributed by atoms with Crippen LogP contribution in [0, 0.1) is 6.92 Å². The summed E-state index contributed by atoms with van der Waals surface area (Å²) < 4.78 is 0. The van der Waals surface area contributed by atoms with Gasteiger partial charge in [0.05, 0.1) is 6.42 Å². The normalized spacial score (nSPS) is 12.2. The van der Waals surface area contributed by atoms with Crippen LogP contribution in [0.5, 0.6) is 0 Å². The molecule has 0 saturated carbocycles. The first-order valence-electron chi connectivity index (χ1n) is 5.67. The molecule has 1 amide bonds. The highest BCUT2D eigenvalue weighted by Gasteiger charge is 2.08. The zero-order valence-corrected chi connectivity index (χ0v) is 10.2. The minimum atomic E-state index is 0.0323. The van der Waals surface area contributed by atoms with E-state index in [0.29, 0.717) is 12.1 Å². The molecular formula is C13H20N2O. The van der Waals surface area contributed by atoms with Gasteiger partial charge < -0.3 is 11.1 Å². The second kappa shape index (κ2) is 5.54. The summed E-state index contributed by atoms with van der Waals surface area (Å²) in [4.78, 5) is 11.7. The molecule has 0 saturated heterocycles. The van der Waals surface area contributed by atoms with E-state index in [1.807, 2.05) is 39.0 Å². The van der Waals surface area contributed by atoms with Gasteiger partial charge in [-0.15, -0.1) is 0 Å². The summed E-state index contributed by atoms with van der Waals surface area (Å²) in [7, 11) is 0. The molecule has 0 aliphatic carbocycles. The third kappa shape index (κ3) is 3.57. The lowest BCUT2D eigenvalue weighted by Crippen LogP contribution is -2.33. The van der Waals surface area contributed by atoms with Crippen LogP contribution in [0.15, 0.2) is 18.2 Å². The fraction of sp³-hybridized carbons (Fsp3) is 0.462. The molecule has 0 aliphatic heterocycles. The van der Waals surface area contributed by atoms with Gasteiger partial charge in [0.15, 0.2) is 0 Å². The van der Waals surface area contributed by atoms with Crippen LogP contribution in [0.2, 0.25) is 0 Å². The molecule has 0 fully saturated rings. The van der Waals surface area contributed by atoms with E-state index in [9.17, 15) is 4.79 Å². The predicted octanol–water partition coefficient (Wildman–Crippen LogP) is 2.03. The summed E-state index contributed by atoms with van der Waals surface area (Å²) in [6.07, 6.45) is 1.30. The number of anilines is 1. The molecule has 0 aromatic heterocycles. The number of carbonyl (C=O) groups is 1. The van der Waals surface area contributed by atoms with Crippen molar-refractivity contribution in [1.29, 1.82) is 0 Å². The van der Waals surface area contributed by atoms with Crippen LogP contribution in [0.25, 0.3) is 0 Å². The SMILES string of the molecule is CC[C@H](C)NC(=O)Cc1ccc(C)cc1N. The molecule has 0 spiro atoms. The Kier molecular flexibility index (Phi) is 4.35. The Labute approximate surface area is 97.0 Å². The van der Waals surface area contributed by atoms with Crippen molar-refractivity contribution in [3.63, 3.8) is 0 Å². The molecule has 0 heterocycles. The molecule has 1 aromatic rings. The van der Waals surface area contributed by atoms with Gasteiger partial charge in [-0.3, -0.25) is 4.79 Å². The quantitative estimate of drug-likeness (QED) is 0.763. The van der Waals surface area contributed by atoms with E-state index >= 15 is 0 Å². The van der Waals surface area contributed by atoms with E-state index in [1.165, 1.54) is 0 Å². The molecule has 1 atom stereocenters. The summed E-state index contributed by atoms with van der Waals surface area (Å²) in [5, 5.41) is 2.93. The molecule has 88 valence electrons. The van der Waals surface area contributed by atoms with Crippen LogP contribution < -0.4 is 11.1 Å². The van der Waals surface area contributed by atoms with E-state index < -0.39 is 0 Å². The Hall–Kier alpha value is -1.51. The number of benzene rings is 1. The number of rotatable bonds is 4. The highest BCUT2D eigenvalue weighted by molar-refractivity contribution is 5.80. The molecule has 3 N–H and O–H groups in total. The molecule has 3 nitrogen and oxygen atoms in total. The van der Waals surface area contributed by atoms with E-state index in [0.717, 1.165) is 17.5 Å². The maximum absolute atomic E-state index is 11.7. The van der Waals surface area contributed by atoms with Crippen molar-refractivity contribution in [2.75, 3.05) is 5.73 Å². The van der Waals surface area contributed by atoms with Crippen LogP contribution in [0.3, 0.4) is 0 Å². The molecule has 0 radical (unpaired) electrons. The van der Waals surface area contributed by atoms with Crippen molar-refractivity contribution in [3.05, 3.63) is 29.3 Å². The third-order valence-electron chi connectivity index (χ3n) is 2.67. The van der Waals surface area contributed by atoms with Gasteiger partial charge in [0.1, 0.15) is 0 Å². The average Bonchev–Trinajstić information content (AvgIpc) is 2.22. The average molecular weight is 220 g/mol. The number of hydrogen-bond donors (Lipinski definition) is 2. The molecule has 1 rings (SSSR count). The van der Waals surface area contributed by atoms with E-state index in [4.69, 9.17) is 5.73 Å².